The number of carbonyl (C=O) groups excluding carboxylic acids is 3. The number of esters is 2. The summed E-state index contributed by atoms with van der Waals surface area (Å²) in [7, 11) is 0. The van der Waals surface area contributed by atoms with Crippen molar-refractivity contribution in [3.8, 4) is 0 Å². The number of amides is 1. The summed E-state index contributed by atoms with van der Waals surface area (Å²) < 4.78 is 4.84. The van der Waals surface area contributed by atoms with Gasteiger partial charge in [-0.25, -0.2) is 9.59 Å². The average Bonchev–Trinajstić information content (AvgIpc) is 2.82. The van der Waals surface area contributed by atoms with Gasteiger partial charge in [-0.05, 0) is 31.8 Å². The molecule has 0 aromatic carbocycles. The monoisotopic (exact) mass is 587 g/mol. The van der Waals surface area contributed by atoms with E-state index < -0.39 is 34.4 Å². The van der Waals surface area contributed by atoms with Crippen LogP contribution in [0.5, 0.6) is 0 Å². The Kier molecular flexibility index (Phi) is 23.7. The fourth-order valence-electron chi connectivity index (χ4n) is 2.25. The van der Waals surface area contributed by atoms with Gasteiger partial charge in [0.05, 0.1) is 16.6 Å². The minimum atomic E-state index is -0.815. The van der Waals surface area contributed by atoms with Crippen molar-refractivity contribution < 1.29 is 29.0 Å². The summed E-state index contributed by atoms with van der Waals surface area (Å²) in [5, 5.41) is 23.5. The lowest BCUT2D eigenvalue weighted by Crippen LogP contribution is -2.42. The normalized spacial score (nSPS) is 12.4. The van der Waals surface area contributed by atoms with Crippen molar-refractivity contribution in [2.75, 3.05) is 11.9 Å². The van der Waals surface area contributed by atoms with Gasteiger partial charge in [-0.15, -0.1) is 0 Å². The van der Waals surface area contributed by atoms with Crippen LogP contribution in [0.2, 0.25) is 0 Å². The molecule has 0 fully saturated rings. The number of halogens is 1. The van der Waals surface area contributed by atoms with Crippen molar-refractivity contribution in [2.45, 2.75) is 60.9 Å². The zero-order valence-electron chi connectivity index (χ0n) is 22.5. The first-order valence-electron chi connectivity index (χ1n) is 11.5. The van der Waals surface area contributed by atoms with Gasteiger partial charge in [-0.2, -0.15) is 0 Å². The van der Waals surface area contributed by atoms with E-state index in [1.54, 1.807) is 32.1 Å². The number of nitro groups is 2. The number of hydrogen-bond acceptors (Lipinski definition) is 8. The van der Waals surface area contributed by atoms with Gasteiger partial charge < -0.3 is 10.1 Å². The highest BCUT2D eigenvalue weighted by Crippen LogP contribution is 2.09. The van der Waals surface area contributed by atoms with Crippen molar-refractivity contribution in [1.82, 2.24) is 5.32 Å². The molecule has 0 spiro atoms. The molecule has 1 amide bonds. The molecule has 0 aliphatic heterocycles. The van der Waals surface area contributed by atoms with E-state index in [1.165, 1.54) is 19.1 Å². The Balaban J connectivity index is -0.000000627. The molecule has 1 unspecified atom stereocenters. The van der Waals surface area contributed by atoms with Crippen LogP contribution in [0.25, 0.3) is 0 Å². The molecule has 0 saturated carbocycles. The zero-order chi connectivity index (χ0) is 29.6. The maximum Gasteiger partial charge on any atom is 0.345 e. The molecule has 37 heavy (non-hydrogen) atoms. The molecule has 0 radical (unpaired) electrons. The molecule has 0 aliphatic carbocycles. The fourth-order valence-corrected chi connectivity index (χ4v) is 2.44. The Morgan fingerprint density at radius 2 is 1.70 bits per heavy atom. The molecule has 0 aromatic heterocycles. The third kappa shape index (κ3) is 21.6. The van der Waals surface area contributed by atoms with Crippen LogP contribution in [0.1, 0.15) is 54.9 Å². The summed E-state index contributed by atoms with van der Waals surface area (Å²) in [6.45, 7) is 15.3. The lowest BCUT2D eigenvalue weighted by molar-refractivity contribution is -0.471. The molecule has 0 saturated heterocycles. The third-order valence-electron chi connectivity index (χ3n) is 3.85. The number of carbonyl (C=O) groups is 3. The van der Waals surface area contributed by atoms with Crippen LogP contribution in [0.3, 0.4) is 0 Å². The van der Waals surface area contributed by atoms with Crippen LogP contribution in [-0.2, 0) is 19.1 Å². The SMILES string of the molecule is C/C=C(\C=C/CBr)C(=O)OC(=O)C(CC(C)C)NC(C)=O.C=C/C(C)=C\C(=C/C[N+](=O)[O-])[N+](=O)[O-].CC. The largest absolute Gasteiger partial charge is 0.388 e. The number of allylic oxidation sites excluding steroid dienone is 5. The standard InChI is InChI=1S/C15H22BrNO4.C8H10N2O4.C2H6/c1-5-12(7-6-8-16)14(19)21-15(20)13(9-10(2)3)17-11(4)18;1-3-7(2)6-8(10(13)14)4-5-9(11)12;1-2/h5-7,10,13H,8-9H2,1-4H3,(H,17,18);3-4,6H,1,5H2,2H3;1-2H3/b7-6-,12-5+;7-6-,8-4+;. The molecular formula is C25H38BrN3O8. The van der Waals surface area contributed by atoms with Gasteiger partial charge in [0, 0.05) is 23.3 Å². The van der Waals surface area contributed by atoms with Crippen LogP contribution in [0, 0.1) is 26.1 Å². The van der Waals surface area contributed by atoms with Gasteiger partial charge in [0.1, 0.15) is 6.04 Å². The predicted octanol–water partition coefficient (Wildman–Crippen LogP) is 5.09. The van der Waals surface area contributed by atoms with Gasteiger partial charge >= 0.3 is 11.9 Å². The molecule has 0 bridgehead atoms. The van der Waals surface area contributed by atoms with E-state index >= 15 is 0 Å². The maximum atomic E-state index is 12.0. The predicted molar refractivity (Wildman–Crippen MR) is 147 cm³/mol. The summed E-state index contributed by atoms with van der Waals surface area (Å²) in [6, 6.07) is -0.815. The minimum absolute atomic E-state index is 0.180. The number of nitrogens with zero attached hydrogens (tertiary/aromatic N) is 2. The van der Waals surface area contributed by atoms with Crippen LogP contribution in [-0.4, -0.2) is 45.6 Å². The fraction of sp³-hybridized carbons (Fsp3) is 0.480. The van der Waals surface area contributed by atoms with E-state index in [-0.39, 0.29) is 23.1 Å². The molecule has 12 heteroatoms. The molecular weight excluding hydrogens is 550 g/mol. The summed E-state index contributed by atoms with van der Waals surface area (Å²) in [4.78, 5) is 54.1. The van der Waals surface area contributed by atoms with Crippen molar-refractivity contribution in [1.29, 1.82) is 0 Å². The molecule has 208 valence electrons. The van der Waals surface area contributed by atoms with Crippen molar-refractivity contribution in [3.63, 3.8) is 0 Å². The topological polar surface area (TPSA) is 159 Å². The van der Waals surface area contributed by atoms with Gasteiger partial charge in [-0.3, -0.25) is 25.0 Å². The summed E-state index contributed by atoms with van der Waals surface area (Å²) in [6.07, 6.45) is 8.88. The number of ether oxygens (including phenoxy) is 1. The Hall–Kier alpha value is -3.41. The lowest BCUT2D eigenvalue weighted by Gasteiger charge is -2.17. The van der Waals surface area contributed by atoms with E-state index in [4.69, 9.17) is 4.74 Å². The van der Waals surface area contributed by atoms with E-state index in [9.17, 15) is 34.6 Å². The second-order valence-electron chi connectivity index (χ2n) is 7.39. The Labute approximate surface area is 226 Å². The van der Waals surface area contributed by atoms with E-state index in [1.807, 2.05) is 27.7 Å². The minimum Gasteiger partial charge on any atom is -0.388 e. The van der Waals surface area contributed by atoms with Crippen LogP contribution in [0.4, 0.5) is 0 Å². The second kappa shape index (κ2) is 23.0. The number of alkyl halides is 1. The molecule has 1 N–H and O–H groups in total. The van der Waals surface area contributed by atoms with Crippen LogP contribution in [0.15, 0.2) is 59.9 Å². The van der Waals surface area contributed by atoms with Crippen molar-refractivity contribution in [3.05, 3.63) is 80.1 Å². The summed E-state index contributed by atoms with van der Waals surface area (Å²) in [5.74, 6) is -1.62. The highest BCUT2D eigenvalue weighted by molar-refractivity contribution is 9.09. The third-order valence-corrected chi connectivity index (χ3v) is 4.23. The second-order valence-corrected chi connectivity index (χ2v) is 8.03. The molecule has 0 heterocycles. The van der Waals surface area contributed by atoms with Crippen LogP contribution >= 0.6 is 15.9 Å². The quantitative estimate of drug-likeness (QED) is 0.0628. The molecule has 0 aliphatic rings. The molecule has 1 atom stereocenters. The summed E-state index contributed by atoms with van der Waals surface area (Å²) >= 11 is 3.20. The van der Waals surface area contributed by atoms with Crippen molar-refractivity contribution in [2.24, 2.45) is 5.92 Å². The van der Waals surface area contributed by atoms with Gasteiger partial charge in [-0.1, -0.05) is 74.5 Å². The van der Waals surface area contributed by atoms with E-state index in [0.29, 0.717) is 17.3 Å². The first-order chi connectivity index (χ1) is 17.3. The van der Waals surface area contributed by atoms with Gasteiger partial charge in [0.15, 0.2) is 0 Å². The maximum absolute atomic E-state index is 12.0. The van der Waals surface area contributed by atoms with Crippen LogP contribution < -0.4 is 5.32 Å². The first-order valence-corrected chi connectivity index (χ1v) is 12.6. The average molecular weight is 588 g/mol. The summed E-state index contributed by atoms with van der Waals surface area (Å²) in [5.41, 5.74) is 0.573. The molecule has 0 rings (SSSR count). The molecule has 0 aromatic rings. The molecule has 11 nitrogen and oxygen atoms in total. The highest BCUT2D eigenvalue weighted by Gasteiger charge is 2.25. The number of rotatable bonds is 12. The zero-order valence-corrected chi connectivity index (χ0v) is 24.1. The Morgan fingerprint density at radius 3 is 2.08 bits per heavy atom. The Morgan fingerprint density at radius 1 is 1.14 bits per heavy atom. The number of hydrogen-bond donors (Lipinski definition) is 1. The van der Waals surface area contributed by atoms with Crippen molar-refractivity contribution >= 4 is 33.8 Å². The highest BCUT2D eigenvalue weighted by atomic mass is 79.9. The van der Waals surface area contributed by atoms with Gasteiger partial charge in [0.25, 0.3) is 5.70 Å². The smallest absolute Gasteiger partial charge is 0.345 e. The Bertz CT molecular complexity index is 906. The first kappa shape index (κ1) is 38.1. The van der Waals surface area contributed by atoms with E-state index in [0.717, 1.165) is 6.08 Å². The van der Waals surface area contributed by atoms with Gasteiger partial charge in [0.2, 0.25) is 12.5 Å². The number of nitrogens with one attached hydrogen (secondary N) is 1. The van der Waals surface area contributed by atoms with E-state index in [2.05, 4.69) is 27.8 Å². The lowest BCUT2D eigenvalue weighted by atomic mass is 10.0.